The van der Waals surface area contributed by atoms with E-state index < -0.39 is 0 Å². The number of likely N-dealkylation sites (tertiary alicyclic amines) is 1. The lowest BCUT2D eigenvalue weighted by atomic mass is 9.96. The van der Waals surface area contributed by atoms with Crippen molar-refractivity contribution in [3.63, 3.8) is 0 Å². The summed E-state index contributed by atoms with van der Waals surface area (Å²) in [5, 5.41) is 3.88. The molecular weight excluding hydrogens is 342 g/mol. The van der Waals surface area contributed by atoms with Gasteiger partial charge in [-0.25, -0.2) is 0 Å². The summed E-state index contributed by atoms with van der Waals surface area (Å²) in [5.74, 6) is 0.518. The van der Waals surface area contributed by atoms with Crippen molar-refractivity contribution >= 4 is 22.8 Å². The predicted octanol–water partition coefficient (Wildman–Crippen LogP) is 3.11. The van der Waals surface area contributed by atoms with Crippen molar-refractivity contribution < 1.29 is 14.0 Å². The molecule has 1 saturated heterocycles. The first-order chi connectivity index (χ1) is 13.2. The third-order valence-corrected chi connectivity index (χ3v) is 5.01. The van der Waals surface area contributed by atoms with Gasteiger partial charge in [0.1, 0.15) is 5.58 Å². The Morgan fingerprint density at radius 1 is 1.15 bits per heavy atom. The van der Waals surface area contributed by atoms with Crippen LogP contribution in [0.4, 0.5) is 0 Å². The largest absolute Gasteiger partial charge is 0.451 e. The third kappa shape index (κ3) is 3.84. The van der Waals surface area contributed by atoms with Crippen LogP contribution in [0.3, 0.4) is 0 Å². The topological polar surface area (TPSA) is 75.4 Å². The molecule has 6 nitrogen and oxygen atoms in total. The summed E-state index contributed by atoms with van der Waals surface area (Å²) >= 11 is 0. The Hall–Kier alpha value is -3.15. The van der Waals surface area contributed by atoms with Gasteiger partial charge in [0.05, 0.1) is 5.56 Å². The van der Waals surface area contributed by atoms with Crippen LogP contribution in [0.1, 0.15) is 33.8 Å². The molecule has 0 atom stereocenters. The van der Waals surface area contributed by atoms with E-state index in [-0.39, 0.29) is 11.8 Å². The highest BCUT2D eigenvalue weighted by molar-refractivity contribution is 5.96. The van der Waals surface area contributed by atoms with E-state index in [1.807, 2.05) is 29.2 Å². The minimum atomic E-state index is -0.194. The quantitative estimate of drug-likeness (QED) is 0.773. The summed E-state index contributed by atoms with van der Waals surface area (Å²) in [4.78, 5) is 30.6. The number of hydrogen-bond donors (Lipinski definition) is 1. The molecule has 2 amide bonds. The molecule has 0 spiro atoms. The van der Waals surface area contributed by atoms with Crippen LogP contribution < -0.4 is 5.32 Å². The SMILES string of the molecule is O=C(NCC1CCN(C(=O)c2cccnc2)CC1)c1cc2ccccc2o1. The van der Waals surface area contributed by atoms with Gasteiger partial charge in [-0.05, 0) is 43.0 Å². The number of hydrogen-bond acceptors (Lipinski definition) is 4. The third-order valence-electron chi connectivity index (χ3n) is 5.01. The normalized spacial score (nSPS) is 15.0. The van der Waals surface area contributed by atoms with Gasteiger partial charge in [0.25, 0.3) is 11.8 Å². The summed E-state index contributed by atoms with van der Waals surface area (Å²) in [6.07, 6.45) is 4.99. The van der Waals surface area contributed by atoms with Crippen molar-refractivity contribution in [2.24, 2.45) is 5.92 Å². The molecule has 3 aromatic rings. The highest BCUT2D eigenvalue weighted by Crippen LogP contribution is 2.20. The van der Waals surface area contributed by atoms with Crippen LogP contribution in [0.5, 0.6) is 0 Å². The standard InChI is InChI=1S/C21H21N3O3/c25-20(19-12-16-4-1-2-6-18(16)27-19)23-13-15-7-10-24(11-8-15)21(26)17-5-3-9-22-14-17/h1-6,9,12,14-15H,7-8,10-11,13H2,(H,23,25). The van der Waals surface area contributed by atoms with Crippen LogP contribution in [0.2, 0.25) is 0 Å². The van der Waals surface area contributed by atoms with Crippen LogP contribution in [0.25, 0.3) is 11.0 Å². The average Bonchev–Trinajstić information content (AvgIpc) is 3.17. The second-order valence-corrected chi connectivity index (χ2v) is 6.84. The second kappa shape index (κ2) is 7.61. The first-order valence-electron chi connectivity index (χ1n) is 9.17. The van der Waals surface area contributed by atoms with E-state index in [0.29, 0.717) is 42.5 Å². The number of benzene rings is 1. The molecule has 1 aliphatic heterocycles. The van der Waals surface area contributed by atoms with E-state index in [9.17, 15) is 9.59 Å². The Balaban J connectivity index is 1.28. The van der Waals surface area contributed by atoms with Crippen LogP contribution in [0.15, 0.2) is 59.3 Å². The number of nitrogens with zero attached hydrogens (tertiary/aromatic N) is 2. The number of piperidine rings is 1. The van der Waals surface area contributed by atoms with Crippen LogP contribution >= 0.6 is 0 Å². The zero-order valence-corrected chi connectivity index (χ0v) is 14.9. The lowest BCUT2D eigenvalue weighted by molar-refractivity contribution is 0.0683. The zero-order valence-electron chi connectivity index (χ0n) is 14.9. The van der Waals surface area contributed by atoms with Crippen LogP contribution in [0, 0.1) is 5.92 Å². The monoisotopic (exact) mass is 363 g/mol. The fourth-order valence-corrected chi connectivity index (χ4v) is 3.43. The molecule has 0 unspecified atom stereocenters. The summed E-state index contributed by atoms with van der Waals surface area (Å²) < 4.78 is 5.60. The van der Waals surface area contributed by atoms with Gasteiger partial charge < -0.3 is 14.6 Å². The first kappa shape index (κ1) is 17.3. The van der Waals surface area contributed by atoms with Crippen molar-refractivity contribution in [1.82, 2.24) is 15.2 Å². The fraction of sp³-hybridized carbons (Fsp3) is 0.286. The Kier molecular flexibility index (Phi) is 4.87. The number of carbonyl (C=O) groups is 2. The average molecular weight is 363 g/mol. The number of para-hydroxylation sites is 1. The molecule has 1 aliphatic rings. The molecule has 6 heteroatoms. The highest BCUT2D eigenvalue weighted by Gasteiger charge is 2.24. The molecule has 0 radical (unpaired) electrons. The van der Waals surface area contributed by atoms with Crippen molar-refractivity contribution in [3.05, 3.63) is 66.2 Å². The number of amides is 2. The van der Waals surface area contributed by atoms with Gasteiger partial charge in [-0.2, -0.15) is 0 Å². The van der Waals surface area contributed by atoms with Gasteiger partial charge in [0.15, 0.2) is 5.76 Å². The molecule has 138 valence electrons. The molecule has 1 aromatic carbocycles. The fourth-order valence-electron chi connectivity index (χ4n) is 3.43. The number of pyridine rings is 1. The number of furan rings is 1. The smallest absolute Gasteiger partial charge is 0.287 e. The van der Waals surface area contributed by atoms with E-state index in [4.69, 9.17) is 4.42 Å². The Morgan fingerprint density at radius 3 is 2.70 bits per heavy atom. The number of nitrogens with one attached hydrogen (secondary N) is 1. The van der Waals surface area contributed by atoms with Crippen molar-refractivity contribution in [2.45, 2.75) is 12.8 Å². The van der Waals surface area contributed by atoms with Crippen LogP contribution in [-0.4, -0.2) is 41.3 Å². The maximum absolute atomic E-state index is 12.4. The summed E-state index contributed by atoms with van der Waals surface area (Å²) in [6.45, 7) is 1.97. The molecule has 0 bridgehead atoms. The van der Waals surface area contributed by atoms with E-state index in [2.05, 4.69) is 10.3 Å². The number of carbonyl (C=O) groups excluding carboxylic acids is 2. The first-order valence-corrected chi connectivity index (χ1v) is 9.17. The summed E-state index contributed by atoms with van der Waals surface area (Å²) in [5.41, 5.74) is 1.33. The number of fused-ring (bicyclic) bond motifs is 1. The molecule has 4 rings (SSSR count). The Bertz CT molecular complexity index is 910. The molecule has 2 aromatic heterocycles. The molecule has 0 saturated carbocycles. The van der Waals surface area contributed by atoms with Gasteiger partial charge in [0, 0.05) is 37.4 Å². The van der Waals surface area contributed by atoms with E-state index in [1.54, 1.807) is 30.6 Å². The highest BCUT2D eigenvalue weighted by atomic mass is 16.3. The van der Waals surface area contributed by atoms with Gasteiger partial charge in [-0.15, -0.1) is 0 Å². The zero-order chi connectivity index (χ0) is 18.6. The van der Waals surface area contributed by atoms with Crippen LogP contribution in [-0.2, 0) is 0 Å². The summed E-state index contributed by atoms with van der Waals surface area (Å²) in [6, 6.07) is 12.9. The second-order valence-electron chi connectivity index (χ2n) is 6.84. The minimum absolute atomic E-state index is 0.0212. The minimum Gasteiger partial charge on any atom is -0.451 e. The van der Waals surface area contributed by atoms with E-state index in [0.717, 1.165) is 18.2 Å². The van der Waals surface area contributed by atoms with E-state index >= 15 is 0 Å². The van der Waals surface area contributed by atoms with Crippen molar-refractivity contribution in [1.29, 1.82) is 0 Å². The summed E-state index contributed by atoms with van der Waals surface area (Å²) in [7, 11) is 0. The molecule has 27 heavy (non-hydrogen) atoms. The van der Waals surface area contributed by atoms with Gasteiger partial charge in [-0.3, -0.25) is 14.6 Å². The van der Waals surface area contributed by atoms with Gasteiger partial charge >= 0.3 is 0 Å². The molecular formula is C21H21N3O3. The number of rotatable bonds is 4. The lowest BCUT2D eigenvalue weighted by Gasteiger charge is -2.32. The number of aromatic nitrogens is 1. The Labute approximate surface area is 157 Å². The van der Waals surface area contributed by atoms with Gasteiger partial charge in [-0.1, -0.05) is 18.2 Å². The Morgan fingerprint density at radius 2 is 1.96 bits per heavy atom. The molecule has 0 aliphatic carbocycles. The maximum atomic E-state index is 12.4. The predicted molar refractivity (Wildman–Crippen MR) is 101 cm³/mol. The van der Waals surface area contributed by atoms with E-state index in [1.165, 1.54) is 0 Å². The molecule has 1 N–H and O–H groups in total. The lowest BCUT2D eigenvalue weighted by Crippen LogP contribution is -2.41. The van der Waals surface area contributed by atoms with Crippen molar-refractivity contribution in [3.8, 4) is 0 Å². The van der Waals surface area contributed by atoms with Crippen molar-refractivity contribution in [2.75, 3.05) is 19.6 Å². The molecule has 1 fully saturated rings. The maximum Gasteiger partial charge on any atom is 0.287 e. The molecule has 3 heterocycles. The van der Waals surface area contributed by atoms with Gasteiger partial charge in [0.2, 0.25) is 0 Å².